The number of ether oxygens (including phenoxy) is 1. The molecule has 0 spiro atoms. The lowest BCUT2D eigenvalue weighted by Crippen LogP contribution is -2.30. The first-order valence-corrected chi connectivity index (χ1v) is 6.53. The summed E-state index contributed by atoms with van der Waals surface area (Å²) in [6, 6.07) is 6.90. The number of anilines is 2. The van der Waals surface area contributed by atoms with Gasteiger partial charge in [0.05, 0.1) is 7.11 Å². The van der Waals surface area contributed by atoms with E-state index in [4.69, 9.17) is 0 Å². The standard InChI is InChI=1S/C14H21N3O3/c1-4-15-9-10(2)13(18)16-11-6-5-7-12(8-11)17-14(19)20-3/h5-8,10,15H,4,9H2,1-3H3,(H,16,18)(H,17,19). The molecule has 0 aromatic heterocycles. The minimum Gasteiger partial charge on any atom is -0.453 e. The zero-order valence-electron chi connectivity index (χ0n) is 12.0. The van der Waals surface area contributed by atoms with Gasteiger partial charge < -0.3 is 15.4 Å². The Morgan fingerprint density at radius 2 is 1.90 bits per heavy atom. The fourth-order valence-electron chi connectivity index (χ4n) is 1.56. The van der Waals surface area contributed by atoms with E-state index in [0.717, 1.165) is 6.54 Å². The van der Waals surface area contributed by atoms with Crippen molar-refractivity contribution in [2.75, 3.05) is 30.8 Å². The fraction of sp³-hybridized carbons (Fsp3) is 0.429. The highest BCUT2D eigenvalue weighted by molar-refractivity contribution is 5.93. The Morgan fingerprint density at radius 1 is 1.25 bits per heavy atom. The molecule has 1 aromatic rings. The van der Waals surface area contributed by atoms with Crippen LogP contribution < -0.4 is 16.0 Å². The molecule has 0 saturated carbocycles. The van der Waals surface area contributed by atoms with Crippen molar-refractivity contribution in [3.8, 4) is 0 Å². The van der Waals surface area contributed by atoms with Crippen LogP contribution in [0.15, 0.2) is 24.3 Å². The fourth-order valence-corrected chi connectivity index (χ4v) is 1.56. The van der Waals surface area contributed by atoms with Crippen LogP contribution in [0.1, 0.15) is 13.8 Å². The molecule has 0 radical (unpaired) electrons. The Bertz CT molecular complexity index is 463. The van der Waals surface area contributed by atoms with Crippen LogP contribution in [0.2, 0.25) is 0 Å². The highest BCUT2D eigenvalue weighted by Crippen LogP contribution is 2.16. The van der Waals surface area contributed by atoms with Crippen molar-refractivity contribution < 1.29 is 14.3 Å². The molecular formula is C14H21N3O3. The van der Waals surface area contributed by atoms with Crippen LogP contribution in [0, 0.1) is 5.92 Å². The highest BCUT2D eigenvalue weighted by atomic mass is 16.5. The molecule has 20 heavy (non-hydrogen) atoms. The maximum absolute atomic E-state index is 11.9. The number of nitrogens with one attached hydrogen (secondary N) is 3. The molecule has 1 aromatic carbocycles. The number of benzene rings is 1. The molecule has 6 nitrogen and oxygen atoms in total. The number of methoxy groups -OCH3 is 1. The molecule has 0 aliphatic carbocycles. The van der Waals surface area contributed by atoms with Crippen molar-refractivity contribution in [1.82, 2.24) is 5.32 Å². The van der Waals surface area contributed by atoms with E-state index in [2.05, 4.69) is 20.7 Å². The van der Waals surface area contributed by atoms with Crippen LogP contribution in [0.5, 0.6) is 0 Å². The zero-order valence-corrected chi connectivity index (χ0v) is 12.0. The van der Waals surface area contributed by atoms with Gasteiger partial charge in [-0.05, 0) is 24.7 Å². The van der Waals surface area contributed by atoms with Gasteiger partial charge in [0.25, 0.3) is 0 Å². The normalized spacial score (nSPS) is 11.6. The van der Waals surface area contributed by atoms with Gasteiger partial charge in [0.2, 0.25) is 5.91 Å². The molecule has 0 saturated heterocycles. The molecular weight excluding hydrogens is 258 g/mol. The Labute approximate surface area is 118 Å². The predicted molar refractivity (Wildman–Crippen MR) is 78.8 cm³/mol. The topological polar surface area (TPSA) is 79.5 Å². The molecule has 0 aliphatic rings. The lowest BCUT2D eigenvalue weighted by molar-refractivity contribution is -0.119. The SMILES string of the molecule is CCNCC(C)C(=O)Nc1cccc(NC(=O)OC)c1. The van der Waals surface area contributed by atoms with Crippen LogP contribution in [0.3, 0.4) is 0 Å². The van der Waals surface area contributed by atoms with Crippen LogP contribution in [0.4, 0.5) is 16.2 Å². The van der Waals surface area contributed by atoms with Gasteiger partial charge in [0.15, 0.2) is 0 Å². The minimum absolute atomic E-state index is 0.0684. The summed E-state index contributed by atoms with van der Waals surface area (Å²) in [5.41, 5.74) is 1.20. The largest absolute Gasteiger partial charge is 0.453 e. The van der Waals surface area contributed by atoms with Gasteiger partial charge in [0, 0.05) is 23.8 Å². The van der Waals surface area contributed by atoms with Gasteiger partial charge in [-0.25, -0.2) is 4.79 Å². The van der Waals surface area contributed by atoms with Crippen molar-refractivity contribution in [2.45, 2.75) is 13.8 Å². The number of hydrogen-bond acceptors (Lipinski definition) is 4. The van der Waals surface area contributed by atoms with Gasteiger partial charge >= 0.3 is 6.09 Å². The average molecular weight is 279 g/mol. The van der Waals surface area contributed by atoms with Gasteiger partial charge in [-0.15, -0.1) is 0 Å². The van der Waals surface area contributed by atoms with E-state index in [1.165, 1.54) is 7.11 Å². The number of hydrogen-bond donors (Lipinski definition) is 3. The van der Waals surface area contributed by atoms with E-state index in [0.29, 0.717) is 17.9 Å². The number of rotatable bonds is 6. The second kappa shape index (κ2) is 8.16. The number of carbonyl (C=O) groups is 2. The molecule has 0 heterocycles. The van der Waals surface area contributed by atoms with E-state index < -0.39 is 6.09 Å². The Hall–Kier alpha value is -2.08. The van der Waals surface area contributed by atoms with E-state index in [9.17, 15) is 9.59 Å². The van der Waals surface area contributed by atoms with Gasteiger partial charge in [-0.1, -0.05) is 19.9 Å². The zero-order chi connectivity index (χ0) is 15.0. The summed E-state index contributed by atoms with van der Waals surface area (Å²) < 4.78 is 4.51. The summed E-state index contributed by atoms with van der Waals surface area (Å²) in [4.78, 5) is 23.1. The van der Waals surface area contributed by atoms with Crippen molar-refractivity contribution in [3.05, 3.63) is 24.3 Å². The van der Waals surface area contributed by atoms with Crippen LogP contribution >= 0.6 is 0 Å². The van der Waals surface area contributed by atoms with Gasteiger partial charge in [-0.2, -0.15) is 0 Å². The van der Waals surface area contributed by atoms with Gasteiger partial charge in [0.1, 0.15) is 0 Å². The summed E-state index contributed by atoms with van der Waals surface area (Å²) in [7, 11) is 1.30. The number of amides is 2. The van der Waals surface area contributed by atoms with Crippen LogP contribution in [-0.4, -0.2) is 32.2 Å². The Kier molecular flexibility index (Phi) is 6.52. The first-order valence-electron chi connectivity index (χ1n) is 6.53. The van der Waals surface area contributed by atoms with Crippen LogP contribution in [-0.2, 0) is 9.53 Å². The van der Waals surface area contributed by atoms with E-state index in [1.807, 2.05) is 13.8 Å². The minimum atomic E-state index is -0.547. The lowest BCUT2D eigenvalue weighted by Gasteiger charge is -2.13. The van der Waals surface area contributed by atoms with Crippen molar-refractivity contribution in [1.29, 1.82) is 0 Å². The highest BCUT2D eigenvalue weighted by Gasteiger charge is 2.12. The first-order chi connectivity index (χ1) is 9.56. The quantitative estimate of drug-likeness (QED) is 0.744. The molecule has 110 valence electrons. The lowest BCUT2D eigenvalue weighted by atomic mass is 10.1. The van der Waals surface area contributed by atoms with Crippen molar-refractivity contribution >= 4 is 23.4 Å². The monoisotopic (exact) mass is 279 g/mol. The smallest absolute Gasteiger partial charge is 0.411 e. The van der Waals surface area contributed by atoms with E-state index in [1.54, 1.807) is 24.3 Å². The molecule has 2 amide bonds. The maximum Gasteiger partial charge on any atom is 0.411 e. The van der Waals surface area contributed by atoms with Crippen LogP contribution in [0.25, 0.3) is 0 Å². The average Bonchev–Trinajstić information content (AvgIpc) is 2.44. The second-order valence-electron chi connectivity index (χ2n) is 4.40. The summed E-state index contributed by atoms with van der Waals surface area (Å²) in [6.45, 7) is 5.31. The van der Waals surface area contributed by atoms with E-state index >= 15 is 0 Å². The second-order valence-corrected chi connectivity index (χ2v) is 4.40. The first kappa shape index (κ1) is 16.0. The Balaban J connectivity index is 2.61. The summed E-state index contributed by atoms with van der Waals surface area (Å²) in [5.74, 6) is -0.201. The number of carbonyl (C=O) groups excluding carboxylic acids is 2. The molecule has 0 fully saturated rings. The molecule has 1 rings (SSSR count). The Morgan fingerprint density at radius 3 is 2.50 bits per heavy atom. The third kappa shape index (κ3) is 5.27. The third-order valence-electron chi connectivity index (χ3n) is 2.71. The molecule has 0 aliphatic heterocycles. The molecule has 3 N–H and O–H groups in total. The third-order valence-corrected chi connectivity index (χ3v) is 2.71. The summed E-state index contributed by atoms with van der Waals surface area (Å²) >= 11 is 0. The molecule has 1 atom stereocenters. The summed E-state index contributed by atoms with van der Waals surface area (Å²) in [6.07, 6.45) is -0.547. The molecule has 1 unspecified atom stereocenters. The summed E-state index contributed by atoms with van der Waals surface area (Å²) in [5, 5.41) is 8.48. The maximum atomic E-state index is 11.9. The molecule has 6 heteroatoms. The van der Waals surface area contributed by atoms with Crippen molar-refractivity contribution in [2.24, 2.45) is 5.92 Å². The molecule has 0 bridgehead atoms. The van der Waals surface area contributed by atoms with Gasteiger partial charge in [-0.3, -0.25) is 10.1 Å². The van der Waals surface area contributed by atoms with E-state index in [-0.39, 0.29) is 11.8 Å². The predicted octanol–water partition coefficient (Wildman–Crippen LogP) is 2.05. The van der Waals surface area contributed by atoms with Crippen molar-refractivity contribution in [3.63, 3.8) is 0 Å².